The average molecular weight is 385 g/mol. The summed E-state index contributed by atoms with van der Waals surface area (Å²) in [5, 5.41) is 2.77. The molecule has 5 nitrogen and oxygen atoms in total. The van der Waals surface area contributed by atoms with Crippen LogP contribution in [0.15, 0.2) is 48.5 Å². The minimum Gasteiger partial charge on any atom is -0.492 e. The maximum atomic E-state index is 12.6. The number of carbonyl (C=O) groups is 2. The minimum absolute atomic E-state index is 0.0270. The van der Waals surface area contributed by atoms with Crippen molar-refractivity contribution in [3.8, 4) is 5.75 Å². The van der Waals surface area contributed by atoms with E-state index in [4.69, 9.17) is 4.74 Å². The summed E-state index contributed by atoms with van der Waals surface area (Å²) in [7, 11) is 0. The smallest absolute Gasteiger partial charge is 0.238 e. The molecule has 0 bridgehead atoms. The summed E-state index contributed by atoms with van der Waals surface area (Å²) in [4.78, 5) is 26.4. The van der Waals surface area contributed by atoms with Crippen molar-refractivity contribution < 1.29 is 14.3 Å². The van der Waals surface area contributed by atoms with Gasteiger partial charge in [-0.3, -0.25) is 14.5 Å². The second-order valence-corrected chi connectivity index (χ2v) is 7.67. The molecule has 1 fully saturated rings. The first-order valence-electron chi connectivity index (χ1n) is 9.07. The summed E-state index contributed by atoms with van der Waals surface area (Å²) < 4.78 is 5.72. The van der Waals surface area contributed by atoms with E-state index >= 15 is 0 Å². The highest BCUT2D eigenvalue weighted by atomic mass is 32.2. The van der Waals surface area contributed by atoms with Gasteiger partial charge in [0.25, 0.3) is 0 Å². The zero-order chi connectivity index (χ0) is 19.4. The van der Waals surface area contributed by atoms with Crippen molar-refractivity contribution >= 4 is 35.0 Å². The largest absolute Gasteiger partial charge is 0.492 e. The number of rotatable bonds is 6. The van der Waals surface area contributed by atoms with Gasteiger partial charge in [0, 0.05) is 11.6 Å². The van der Waals surface area contributed by atoms with Crippen LogP contribution in [-0.4, -0.2) is 24.2 Å². The van der Waals surface area contributed by atoms with E-state index in [9.17, 15) is 9.59 Å². The molecule has 0 radical (unpaired) electrons. The second-order valence-electron chi connectivity index (χ2n) is 6.60. The number of hydrogen-bond acceptors (Lipinski definition) is 4. The van der Waals surface area contributed by atoms with Gasteiger partial charge in [-0.2, -0.15) is 0 Å². The molecule has 2 amide bonds. The predicted molar refractivity (Wildman–Crippen MR) is 110 cm³/mol. The van der Waals surface area contributed by atoms with Crippen LogP contribution < -0.4 is 15.0 Å². The third-order valence-electron chi connectivity index (χ3n) is 4.26. The fourth-order valence-corrected chi connectivity index (χ4v) is 4.08. The first kappa shape index (κ1) is 19.3. The van der Waals surface area contributed by atoms with Crippen molar-refractivity contribution in [1.29, 1.82) is 0 Å². The lowest BCUT2D eigenvalue weighted by Gasteiger charge is -2.26. The van der Waals surface area contributed by atoms with E-state index in [2.05, 4.69) is 5.32 Å². The quantitative estimate of drug-likeness (QED) is 0.799. The Morgan fingerprint density at radius 2 is 2.04 bits per heavy atom. The van der Waals surface area contributed by atoms with Crippen LogP contribution in [0.4, 0.5) is 11.4 Å². The molecule has 0 aromatic heterocycles. The lowest BCUT2D eigenvalue weighted by atomic mass is 10.1. The molecular formula is C21H24N2O3S. The molecule has 3 rings (SSSR count). The normalized spacial score (nSPS) is 16.7. The van der Waals surface area contributed by atoms with Crippen molar-refractivity contribution in [3.05, 3.63) is 54.1 Å². The summed E-state index contributed by atoms with van der Waals surface area (Å²) >= 11 is 1.58. The molecule has 1 saturated heterocycles. The Kier molecular flexibility index (Phi) is 6.06. The van der Waals surface area contributed by atoms with Crippen molar-refractivity contribution in [2.24, 2.45) is 5.92 Å². The van der Waals surface area contributed by atoms with Crippen molar-refractivity contribution in [2.75, 3.05) is 22.6 Å². The Labute approximate surface area is 164 Å². The van der Waals surface area contributed by atoms with Crippen molar-refractivity contribution in [1.82, 2.24) is 0 Å². The van der Waals surface area contributed by atoms with Gasteiger partial charge in [-0.15, -0.1) is 11.8 Å². The molecule has 142 valence electrons. The van der Waals surface area contributed by atoms with Gasteiger partial charge in [-0.05, 0) is 36.8 Å². The molecule has 0 aliphatic carbocycles. The Balaban J connectivity index is 1.92. The molecule has 1 N–H and O–H groups in total. The predicted octanol–water partition coefficient (Wildman–Crippen LogP) is 4.46. The van der Waals surface area contributed by atoms with E-state index in [1.807, 2.05) is 69.3 Å². The van der Waals surface area contributed by atoms with Gasteiger partial charge in [0.05, 0.1) is 18.0 Å². The third-order valence-corrected chi connectivity index (χ3v) is 5.47. The lowest BCUT2D eigenvalue weighted by molar-refractivity contribution is -0.119. The zero-order valence-corrected chi connectivity index (χ0v) is 16.6. The summed E-state index contributed by atoms with van der Waals surface area (Å²) in [5.41, 5.74) is 2.49. The Morgan fingerprint density at radius 3 is 2.78 bits per heavy atom. The van der Waals surface area contributed by atoms with E-state index in [1.165, 1.54) is 0 Å². The van der Waals surface area contributed by atoms with Gasteiger partial charge < -0.3 is 10.1 Å². The van der Waals surface area contributed by atoms with E-state index in [-0.39, 0.29) is 23.1 Å². The number of hydrogen-bond donors (Lipinski definition) is 1. The fraction of sp³-hybridized carbons (Fsp3) is 0.333. The van der Waals surface area contributed by atoms with E-state index < -0.39 is 0 Å². The highest BCUT2D eigenvalue weighted by molar-refractivity contribution is 8.00. The molecule has 1 heterocycles. The topological polar surface area (TPSA) is 58.6 Å². The Morgan fingerprint density at radius 1 is 1.26 bits per heavy atom. The molecule has 6 heteroatoms. The number of amides is 2. The van der Waals surface area contributed by atoms with Crippen LogP contribution in [0.2, 0.25) is 0 Å². The summed E-state index contributed by atoms with van der Waals surface area (Å²) in [6.07, 6.45) is 0. The standard InChI is InChI=1S/C21H24N2O3S/c1-4-26-18-11-6-5-10-17(18)23-19(24)13-27-21(23)15-8-7-9-16(12-15)22-20(25)14(2)3/h5-12,14,21H,4,13H2,1-3H3,(H,22,25)/t21-/m1/s1. The van der Waals surface area contributed by atoms with Gasteiger partial charge in [0.15, 0.2) is 0 Å². The maximum absolute atomic E-state index is 12.6. The van der Waals surface area contributed by atoms with Crippen LogP contribution in [0.3, 0.4) is 0 Å². The van der Waals surface area contributed by atoms with Gasteiger partial charge in [-0.25, -0.2) is 0 Å². The van der Waals surface area contributed by atoms with Crippen molar-refractivity contribution in [3.63, 3.8) is 0 Å². The number of nitrogens with one attached hydrogen (secondary N) is 1. The Bertz CT molecular complexity index is 838. The highest BCUT2D eigenvalue weighted by Gasteiger charge is 2.35. The zero-order valence-electron chi connectivity index (χ0n) is 15.8. The van der Waals surface area contributed by atoms with E-state index in [0.29, 0.717) is 18.1 Å². The van der Waals surface area contributed by atoms with Gasteiger partial charge >= 0.3 is 0 Å². The fourth-order valence-electron chi connectivity index (χ4n) is 2.92. The average Bonchev–Trinajstić information content (AvgIpc) is 3.04. The molecule has 2 aromatic rings. The maximum Gasteiger partial charge on any atom is 0.238 e. The van der Waals surface area contributed by atoms with E-state index in [1.54, 1.807) is 16.7 Å². The molecule has 1 aliphatic rings. The number of nitrogens with zero attached hydrogens (tertiary/aromatic N) is 1. The molecular weight excluding hydrogens is 360 g/mol. The number of para-hydroxylation sites is 2. The molecule has 1 aliphatic heterocycles. The molecule has 0 spiro atoms. The number of thioether (sulfide) groups is 1. The first-order chi connectivity index (χ1) is 13.0. The van der Waals surface area contributed by atoms with Crippen LogP contribution in [-0.2, 0) is 9.59 Å². The summed E-state index contributed by atoms with van der Waals surface area (Å²) in [6, 6.07) is 15.3. The molecule has 0 unspecified atom stereocenters. The minimum atomic E-state index is -0.157. The monoisotopic (exact) mass is 384 g/mol. The molecule has 0 saturated carbocycles. The van der Waals surface area contributed by atoms with Crippen LogP contribution in [0.25, 0.3) is 0 Å². The van der Waals surface area contributed by atoms with Crippen LogP contribution in [0, 0.1) is 5.92 Å². The van der Waals surface area contributed by atoms with Crippen LogP contribution in [0.1, 0.15) is 31.7 Å². The number of anilines is 2. The SMILES string of the molecule is CCOc1ccccc1N1C(=O)CS[C@@H]1c1cccc(NC(=O)C(C)C)c1. The van der Waals surface area contributed by atoms with Crippen LogP contribution >= 0.6 is 11.8 Å². The number of benzene rings is 2. The second kappa shape index (κ2) is 8.48. The summed E-state index contributed by atoms with van der Waals surface area (Å²) in [5.74, 6) is 1.04. The number of ether oxygens (including phenoxy) is 1. The number of carbonyl (C=O) groups excluding carboxylic acids is 2. The van der Waals surface area contributed by atoms with Gasteiger partial charge in [0.1, 0.15) is 11.1 Å². The lowest BCUT2D eigenvalue weighted by Crippen LogP contribution is -2.28. The molecule has 2 aromatic carbocycles. The highest BCUT2D eigenvalue weighted by Crippen LogP contribution is 2.45. The Hall–Kier alpha value is -2.47. The van der Waals surface area contributed by atoms with Gasteiger partial charge in [-0.1, -0.05) is 38.1 Å². The molecule has 1 atom stereocenters. The third kappa shape index (κ3) is 4.27. The van der Waals surface area contributed by atoms with Gasteiger partial charge in [0.2, 0.25) is 11.8 Å². The van der Waals surface area contributed by atoms with Crippen LogP contribution in [0.5, 0.6) is 5.75 Å². The van der Waals surface area contributed by atoms with Crippen molar-refractivity contribution in [2.45, 2.75) is 26.1 Å². The first-order valence-corrected chi connectivity index (χ1v) is 10.1. The summed E-state index contributed by atoms with van der Waals surface area (Å²) in [6.45, 7) is 6.18. The molecule has 27 heavy (non-hydrogen) atoms. The van der Waals surface area contributed by atoms with E-state index in [0.717, 1.165) is 16.9 Å².